The van der Waals surface area contributed by atoms with Gasteiger partial charge in [0.05, 0.1) is 11.7 Å². The Morgan fingerprint density at radius 3 is 2.50 bits per heavy atom. The Labute approximate surface area is 143 Å². The van der Waals surface area contributed by atoms with E-state index in [4.69, 9.17) is 11.6 Å². The van der Waals surface area contributed by atoms with Crippen molar-refractivity contribution < 1.29 is 4.79 Å². The molecule has 6 nitrogen and oxygen atoms in total. The van der Waals surface area contributed by atoms with Crippen molar-refractivity contribution in [3.05, 3.63) is 70.9 Å². The Bertz CT molecular complexity index is 884. The fourth-order valence-electron chi connectivity index (χ4n) is 2.92. The van der Waals surface area contributed by atoms with Crippen LogP contribution in [-0.2, 0) is 6.42 Å². The van der Waals surface area contributed by atoms with E-state index in [1.165, 1.54) is 0 Å². The zero-order chi connectivity index (χ0) is 16.5. The molecule has 3 aromatic rings. The summed E-state index contributed by atoms with van der Waals surface area (Å²) in [6.45, 7) is 0. The number of carbonyl (C=O) groups is 1. The average molecular weight is 342 g/mol. The van der Waals surface area contributed by atoms with E-state index in [-0.39, 0.29) is 12.1 Å². The highest BCUT2D eigenvalue weighted by Crippen LogP contribution is 2.24. The summed E-state index contributed by atoms with van der Waals surface area (Å²) >= 11 is 5.91. The number of halogens is 1. The van der Waals surface area contributed by atoms with Crippen LogP contribution in [0.3, 0.4) is 0 Å². The van der Waals surface area contributed by atoms with Gasteiger partial charge in [-0.05, 0) is 35.9 Å². The summed E-state index contributed by atoms with van der Waals surface area (Å²) in [7, 11) is 0. The van der Waals surface area contributed by atoms with E-state index in [2.05, 4.69) is 21.9 Å². The highest BCUT2D eigenvalue weighted by Gasteiger charge is 2.19. The lowest BCUT2D eigenvalue weighted by molar-refractivity contribution is 0.0965. The predicted molar refractivity (Wildman–Crippen MR) is 93.2 cm³/mol. The van der Waals surface area contributed by atoms with Crippen molar-refractivity contribution in [1.82, 2.24) is 26.5 Å². The first-order chi connectivity index (χ1) is 11.7. The van der Waals surface area contributed by atoms with Crippen molar-refractivity contribution >= 4 is 28.4 Å². The molecule has 0 amide bonds. The minimum Gasteiger partial charge on any atom is -0.283 e. The van der Waals surface area contributed by atoms with Crippen molar-refractivity contribution in [3.8, 4) is 0 Å². The first kappa shape index (κ1) is 15.3. The number of aromatic nitrogens is 1. The van der Waals surface area contributed by atoms with Gasteiger partial charge in [-0.1, -0.05) is 29.8 Å². The third-order valence-corrected chi connectivity index (χ3v) is 4.34. The molecule has 0 saturated carbocycles. The number of rotatable bonds is 3. The van der Waals surface area contributed by atoms with Gasteiger partial charge < -0.3 is 0 Å². The Kier molecular flexibility index (Phi) is 4.05. The molecule has 1 aliphatic heterocycles. The molecule has 2 aromatic carbocycles. The zero-order valence-corrected chi connectivity index (χ0v) is 13.5. The topological polar surface area (TPSA) is 70.1 Å². The normalized spacial score (nSPS) is 15.2. The predicted octanol–water partition coefficient (Wildman–Crippen LogP) is 1.97. The maximum absolute atomic E-state index is 12.9. The molecule has 0 aliphatic carbocycles. The number of fused-ring (bicyclic) bond motifs is 1. The van der Waals surface area contributed by atoms with Crippen LogP contribution in [-0.4, -0.2) is 16.6 Å². The van der Waals surface area contributed by atoms with Gasteiger partial charge in [-0.15, -0.1) is 0 Å². The van der Waals surface area contributed by atoms with Gasteiger partial charge in [0.15, 0.2) is 0 Å². The Balaban J connectivity index is 1.74. The lowest BCUT2D eigenvalue weighted by atomic mass is 10.1. The van der Waals surface area contributed by atoms with Gasteiger partial charge in [-0.2, -0.15) is 11.1 Å². The molecule has 24 heavy (non-hydrogen) atoms. The van der Waals surface area contributed by atoms with Crippen LogP contribution in [0.1, 0.15) is 15.9 Å². The maximum Gasteiger partial charge on any atom is 0.262 e. The van der Waals surface area contributed by atoms with E-state index in [9.17, 15) is 4.79 Å². The monoisotopic (exact) mass is 341 g/mol. The Morgan fingerprint density at radius 2 is 1.75 bits per heavy atom. The maximum atomic E-state index is 12.9. The quantitative estimate of drug-likeness (QED) is 0.586. The van der Waals surface area contributed by atoms with Crippen LogP contribution in [0.25, 0.3) is 10.9 Å². The van der Waals surface area contributed by atoms with Gasteiger partial charge >= 0.3 is 0 Å². The van der Waals surface area contributed by atoms with Crippen molar-refractivity contribution in [1.29, 1.82) is 0 Å². The smallest absolute Gasteiger partial charge is 0.262 e. The van der Waals surface area contributed by atoms with E-state index in [1.54, 1.807) is 28.8 Å². The number of hydrogen-bond acceptors (Lipinski definition) is 5. The summed E-state index contributed by atoms with van der Waals surface area (Å²) in [6.07, 6.45) is 2.67. The van der Waals surface area contributed by atoms with Gasteiger partial charge in [0.25, 0.3) is 5.91 Å². The molecule has 1 saturated heterocycles. The molecule has 1 aromatic heterocycles. The second-order valence-corrected chi connectivity index (χ2v) is 6.09. The van der Waals surface area contributed by atoms with Gasteiger partial charge in [-0.3, -0.25) is 9.36 Å². The van der Waals surface area contributed by atoms with E-state index in [0.717, 1.165) is 22.9 Å². The van der Waals surface area contributed by atoms with Crippen LogP contribution in [0.2, 0.25) is 5.02 Å². The minimum atomic E-state index is -0.0716. The summed E-state index contributed by atoms with van der Waals surface area (Å²) < 4.78 is 1.70. The molecule has 1 aliphatic rings. The minimum absolute atomic E-state index is 0.0369. The van der Waals surface area contributed by atoms with Crippen molar-refractivity contribution in [3.63, 3.8) is 0 Å². The van der Waals surface area contributed by atoms with Crippen LogP contribution in [0.4, 0.5) is 0 Å². The molecule has 4 rings (SSSR count). The number of nitrogens with zero attached hydrogens (tertiary/aromatic N) is 1. The largest absolute Gasteiger partial charge is 0.283 e. The number of carbonyl (C=O) groups excluding carboxylic acids is 1. The molecular formula is C17H16ClN5O. The highest BCUT2D eigenvalue weighted by atomic mass is 35.5. The first-order valence-corrected chi connectivity index (χ1v) is 8.00. The van der Waals surface area contributed by atoms with Gasteiger partial charge in [0.2, 0.25) is 0 Å². The van der Waals surface area contributed by atoms with E-state index >= 15 is 0 Å². The third-order valence-electron chi connectivity index (χ3n) is 4.08. The van der Waals surface area contributed by atoms with Gasteiger partial charge in [0.1, 0.15) is 0 Å². The molecular weight excluding hydrogens is 326 g/mol. The van der Waals surface area contributed by atoms with E-state index < -0.39 is 0 Å². The van der Waals surface area contributed by atoms with Gasteiger partial charge in [0, 0.05) is 28.6 Å². The Hall–Kier alpha value is -2.22. The summed E-state index contributed by atoms with van der Waals surface area (Å²) in [5.41, 5.74) is 14.3. The number of benzene rings is 2. The lowest BCUT2D eigenvalue weighted by Crippen LogP contribution is -2.35. The fraction of sp³-hybridized carbons (Fsp3) is 0.118. The van der Waals surface area contributed by atoms with Gasteiger partial charge in [-0.25, -0.2) is 10.9 Å². The first-order valence-electron chi connectivity index (χ1n) is 7.63. The molecule has 2 heterocycles. The SMILES string of the molecule is O=C(c1ccc(Cl)cc1)n1cc(CC2NNNN2)c2ccccc21. The molecule has 0 radical (unpaired) electrons. The summed E-state index contributed by atoms with van der Waals surface area (Å²) in [6, 6.07) is 14.9. The molecule has 0 bridgehead atoms. The third kappa shape index (κ3) is 2.82. The van der Waals surface area contributed by atoms with Crippen molar-refractivity contribution in [2.24, 2.45) is 0 Å². The highest BCUT2D eigenvalue weighted by molar-refractivity contribution is 6.30. The fourth-order valence-corrected chi connectivity index (χ4v) is 3.04. The molecule has 1 fully saturated rings. The average Bonchev–Trinajstić information content (AvgIpc) is 3.24. The molecule has 0 spiro atoms. The number of hydrazine groups is 3. The second-order valence-electron chi connectivity index (χ2n) is 5.65. The van der Waals surface area contributed by atoms with E-state index in [0.29, 0.717) is 10.6 Å². The van der Waals surface area contributed by atoms with Crippen LogP contribution in [0.15, 0.2) is 54.7 Å². The van der Waals surface area contributed by atoms with Crippen LogP contribution >= 0.6 is 11.6 Å². The van der Waals surface area contributed by atoms with E-state index in [1.807, 2.05) is 30.5 Å². The molecule has 0 atom stereocenters. The molecule has 0 unspecified atom stereocenters. The lowest BCUT2D eigenvalue weighted by Gasteiger charge is -2.07. The molecule has 4 N–H and O–H groups in total. The summed E-state index contributed by atoms with van der Waals surface area (Å²) in [4.78, 5) is 12.9. The van der Waals surface area contributed by atoms with Crippen molar-refractivity contribution in [2.75, 3.05) is 0 Å². The summed E-state index contributed by atoms with van der Waals surface area (Å²) in [5, 5.41) is 1.68. The molecule has 122 valence electrons. The van der Waals surface area contributed by atoms with Crippen LogP contribution < -0.4 is 21.9 Å². The number of hydrogen-bond donors (Lipinski definition) is 4. The standard InChI is InChI=1S/C17H16ClN5O/c18-13-7-5-11(6-8-13)17(24)23-10-12(9-16-19-21-22-20-16)14-3-1-2-4-15(14)23/h1-8,10,16,19-22H,9H2. The van der Waals surface area contributed by atoms with Crippen LogP contribution in [0, 0.1) is 0 Å². The van der Waals surface area contributed by atoms with Crippen LogP contribution in [0.5, 0.6) is 0 Å². The van der Waals surface area contributed by atoms with Crippen molar-refractivity contribution in [2.45, 2.75) is 12.6 Å². The summed E-state index contributed by atoms with van der Waals surface area (Å²) in [5.74, 6) is -0.0716. The Morgan fingerprint density at radius 1 is 1.04 bits per heavy atom. The number of nitrogens with one attached hydrogen (secondary N) is 4. The zero-order valence-electron chi connectivity index (χ0n) is 12.7. The second kappa shape index (κ2) is 6.35. The molecule has 7 heteroatoms. The number of para-hydroxylation sites is 1.